The molecule has 1 amide bonds. The van der Waals surface area contributed by atoms with Gasteiger partial charge in [-0.15, -0.1) is 5.10 Å². The number of carbonyl (C=O) groups is 1. The van der Waals surface area contributed by atoms with E-state index in [0.29, 0.717) is 6.54 Å². The molecule has 2 aromatic rings. The third kappa shape index (κ3) is 3.94. The lowest BCUT2D eigenvalue weighted by molar-refractivity contribution is 0.0742. The number of likely N-dealkylation sites (tertiary alicyclic amines) is 1. The molecule has 0 radical (unpaired) electrons. The summed E-state index contributed by atoms with van der Waals surface area (Å²) in [6.45, 7) is 4.26. The second kappa shape index (κ2) is 7.35. The largest absolute Gasteiger partial charge is 0.339 e. The molecule has 122 valence electrons. The van der Waals surface area contributed by atoms with Gasteiger partial charge in [0.05, 0.1) is 6.54 Å². The van der Waals surface area contributed by atoms with E-state index >= 15 is 0 Å². The fraction of sp³-hybridized carbons (Fsp3) is 0.529. The van der Waals surface area contributed by atoms with Gasteiger partial charge in [-0.1, -0.05) is 31.4 Å². The van der Waals surface area contributed by atoms with Crippen LogP contribution in [0.25, 0.3) is 0 Å². The van der Waals surface area contributed by atoms with E-state index in [9.17, 15) is 4.79 Å². The Morgan fingerprint density at radius 2 is 1.70 bits per heavy atom. The Morgan fingerprint density at radius 1 is 1.04 bits per heavy atom. The lowest BCUT2D eigenvalue weighted by Gasteiger charge is -2.25. The minimum atomic E-state index is 0.150. The van der Waals surface area contributed by atoms with Crippen molar-refractivity contribution in [2.24, 2.45) is 0 Å². The summed E-state index contributed by atoms with van der Waals surface area (Å²) in [5.41, 5.74) is 1.85. The molecule has 23 heavy (non-hydrogen) atoms. The van der Waals surface area contributed by atoms with E-state index in [1.165, 1.54) is 19.3 Å². The summed E-state index contributed by atoms with van der Waals surface area (Å²) in [6, 6.07) is 7.79. The Bertz CT molecular complexity index is 641. The Hall–Kier alpha value is -2.24. The van der Waals surface area contributed by atoms with Crippen molar-refractivity contribution in [1.82, 2.24) is 25.1 Å². The van der Waals surface area contributed by atoms with Crippen LogP contribution >= 0.6 is 0 Å². The highest BCUT2D eigenvalue weighted by Crippen LogP contribution is 2.14. The molecule has 0 aliphatic carbocycles. The molecular weight excluding hydrogens is 290 g/mol. The Morgan fingerprint density at radius 3 is 2.30 bits per heavy atom. The van der Waals surface area contributed by atoms with Crippen molar-refractivity contribution in [3.8, 4) is 0 Å². The van der Waals surface area contributed by atoms with E-state index in [2.05, 4.69) is 15.5 Å². The summed E-state index contributed by atoms with van der Waals surface area (Å²) in [4.78, 5) is 14.6. The number of nitrogens with zero attached hydrogens (tertiary/aromatic N) is 5. The predicted molar refractivity (Wildman–Crippen MR) is 87.1 cm³/mol. The first-order valence-corrected chi connectivity index (χ1v) is 8.35. The van der Waals surface area contributed by atoms with Gasteiger partial charge in [0.25, 0.3) is 5.91 Å². The fourth-order valence-electron chi connectivity index (χ4n) is 2.95. The molecule has 0 unspecified atom stereocenters. The number of hydrogen-bond acceptors (Lipinski definition) is 4. The minimum absolute atomic E-state index is 0.150. The summed E-state index contributed by atoms with van der Waals surface area (Å²) in [7, 11) is 0. The zero-order valence-corrected chi connectivity index (χ0v) is 13.6. The first kappa shape index (κ1) is 15.6. The van der Waals surface area contributed by atoms with Gasteiger partial charge in [0.1, 0.15) is 5.82 Å². The second-order valence-electron chi connectivity index (χ2n) is 6.14. The van der Waals surface area contributed by atoms with Crippen molar-refractivity contribution in [3.05, 3.63) is 41.2 Å². The highest BCUT2D eigenvalue weighted by atomic mass is 16.2. The molecule has 6 nitrogen and oxygen atoms in total. The maximum atomic E-state index is 12.6. The zero-order valence-electron chi connectivity index (χ0n) is 13.6. The molecule has 1 aromatic carbocycles. The van der Waals surface area contributed by atoms with Gasteiger partial charge in [-0.05, 0) is 47.9 Å². The van der Waals surface area contributed by atoms with Crippen LogP contribution in [0.5, 0.6) is 0 Å². The fourth-order valence-corrected chi connectivity index (χ4v) is 2.95. The van der Waals surface area contributed by atoms with Crippen molar-refractivity contribution >= 4 is 5.91 Å². The predicted octanol–water partition coefficient (Wildman–Crippen LogP) is 2.44. The van der Waals surface area contributed by atoms with Crippen LogP contribution < -0.4 is 0 Å². The van der Waals surface area contributed by atoms with Crippen LogP contribution in [-0.4, -0.2) is 44.1 Å². The number of tetrazole rings is 1. The molecule has 3 rings (SSSR count). The first-order chi connectivity index (χ1) is 11.2. The van der Waals surface area contributed by atoms with E-state index in [1.54, 1.807) is 4.68 Å². The van der Waals surface area contributed by atoms with Gasteiger partial charge >= 0.3 is 0 Å². The summed E-state index contributed by atoms with van der Waals surface area (Å²) >= 11 is 0. The van der Waals surface area contributed by atoms with Crippen molar-refractivity contribution < 1.29 is 4.79 Å². The molecule has 1 saturated heterocycles. The first-order valence-electron chi connectivity index (χ1n) is 8.35. The molecule has 1 aromatic heterocycles. The van der Waals surface area contributed by atoms with Crippen LogP contribution in [-0.2, 0) is 6.54 Å². The quantitative estimate of drug-likeness (QED) is 0.873. The number of carbonyl (C=O) groups excluding carboxylic acids is 1. The van der Waals surface area contributed by atoms with Gasteiger partial charge in [-0.2, -0.15) is 0 Å². The van der Waals surface area contributed by atoms with Crippen LogP contribution in [0.4, 0.5) is 0 Å². The van der Waals surface area contributed by atoms with Crippen LogP contribution in [0, 0.1) is 6.92 Å². The van der Waals surface area contributed by atoms with Crippen LogP contribution in [0.2, 0.25) is 0 Å². The summed E-state index contributed by atoms with van der Waals surface area (Å²) in [5.74, 6) is 0.933. The molecular formula is C17H23N5O. The molecule has 2 heterocycles. The van der Waals surface area contributed by atoms with Crippen molar-refractivity contribution in [1.29, 1.82) is 0 Å². The maximum absolute atomic E-state index is 12.6. The minimum Gasteiger partial charge on any atom is -0.339 e. The number of rotatable bonds is 3. The van der Waals surface area contributed by atoms with Crippen LogP contribution in [0.15, 0.2) is 24.3 Å². The van der Waals surface area contributed by atoms with Gasteiger partial charge in [0, 0.05) is 18.7 Å². The molecule has 0 atom stereocenters. The van der Waals surface area contributed by atoms with E-state index in [1.807, 2.05) is 36.1 Å². The van der Waals surface area contributed by atoms with Crippen LogP contribution in [0.3, 0.4) is 0 Å². The monoisotopic (exact) mass is 313 g/mol. The SMILES string of the molecule is Cc1nnnn1Cc1ccc(C(=O)N2CCCCCCC2)cc1. The van der Waals surface area contributed by atoms with Gasteiger partial charge in [0.2, 0.25) is 0 Å². The van der Waals surface area contributed by atoms with E-state index in [4.69, 9.17) is 0 Å². The molecule has 1 aliphatic heterocycles. The van der Waals surface area contributed by atoms with Gasteiger partial charge in [-0.25, -0.2) is 4.68 Å². The lowest BCUT2D eigenvalue weighted by Crippen LogP contribution is -2.33. The maximum Gasteiger partial charge on any atom is 0.253 e. The molecule has 0 spiro atoms. The molecule has 1 aliphatic rings. The summed E-state index contributed by atoms with van der Waals surface area (Å²) in [5, 5.41) is 11.5. The molecule has 1 fully saturated rings. The average Bonchev–Trinajstić information content (AvgIpc) is 2.92. The molecule has 0 bridgehead atoms. The Kier molecular flexibility index (Phi) is 5.00. The number of hydrogen-bond donors (Lipinski definition) is 0. The van der Waals surface area contributed by atoms with Gasteiger partial charge in [-0.3, -0.25) is 4.79 Å². The third-order valence-corrected chi connectivity index (χ3v) is 4.39. The van der Waals surface area contributed by atoms with Crippen LogP contribution in [0.1, 0.15) is 53.8 Å². The van der Waals surface area contributed by atoms with E-state index < -0.39 is 0 Å². The number of aromatic nitrogens is 4. The zero-order chi connectivity index (χ0) is 16.1. The highest BCUT2D eigenvalue weighted by molar-refractivity contribution is 5.94. The smallest absolute Gasteiger partial charge is 0.253 e. The van der Waals surface area contributed by atoms with E-state index in [-0.39, 0.29) is 5.91 Å². The van der Waals surface area contributed by atoms with Crippen molar-refractivity contribution in [3.63, 3.8) is 0 Å². The topological polar surface area (TPSA) is 63.9 Å². The normalized spacial score (nSPS) is 16.0. The Balaban J connectivity index is 1.66. The summed E-state index contributed by atoms with van der Waals surface area (Å²) in [6.07, 6.45) is 5.99. The van der Waals surface area contributed by atoms with E-state index in [0.717, 1.165) is 42.9 Å². The Labute approximate surface area is 136 Å². The average molecular weight is 313 g/mol. The van der Waals surface area contributed by atoms with Crippen molar-refractivity contribution in [2.45, 2.75) is 45.6 Å². The number of aryl methyl sites for hydroxylation is 1. The molecule has 6 heteroatoms. The van der Waals surface area contributed by atoms with Gasteiger partial charge in [0.15, 0.2) is 0 Å². The number of amides is 1. The van der Waals surface area contributed by atoms with Gasteiger partial charge < -0.3 is 4.90 Å². The second-order valence-corrected chi connectivity index (χ2v) is 6.14. The number of benzene rings is 1. The molecule has 0 N–H and O–H groups in total. The standard InChI is InChI=1S/C17H23N5O/c1-14-18-19-20-22(14)13-15-7-9-16(10-8-15)17(23)21-11-5-3-2-4-6-12-21/h7-10H,2-6,11-13H2,1H3. The third-order valence-electron chi connectivity index (χ3n) is 4.39. The highest BCUT2D eigenvalue weighted by Gasteiger charge is 2.16. The summed E-state index contributed by atoms with van der Waals surface area (Å²) < 4.78 is 1.75. The molecule has 0 saturated carbocycles. The lowest BCUT2D eigenvalue weighted by atomic mass is 10.1. The van der Waals surface area contributed by atoms with Crippen molar-refractivity contribution in [2.75, 3.05) is 13.1 Å².